The Kier molecular flexibility index (Phi) is 3.46. The van der Waals surface area contributed by atoms with E-state index in [9.17, 15) is 9.90 Å². The number of aromatic carboxylic acids is 1. The lowest BCUT2D eigenvalue weighted by Crippen LogP contribution is -2.21. The molecule has 0 atom stereocenters. The molecule has 3 rings (SSSR count). The fourth-order valence-corrected chi connectivity index (χ4v) is 2.05. The summed E-state index contributed by atoms with van der Waals surface area (Å²) in [6.45, 7) is 0. The molecular weight excluding hydrogens is 290 g/mol. The quantitative estimate of drug-likeness (QED) is 0.745. The third-order valence-corrected chi connectivity index (χ3v) is 3.17. The summed E-state index contributed by atoms with van der Waals surface area (Å²) < 4.78 is 5.55. The molecule has 0 aliphatic heterocycles. The van der Waals surface area contributed by atoms with Crippen molar-refractivity contribution in [3.05, 3.63) is 64.5 Å². The summed E-state index contributed by atoms with van der Waals surface area (Å²) in [5.41, 5.74) is 2.32. The third kappa shape index (κ3) is 2.95. The lowest BCUT2D eigenvalue weighted by atomic mass is 10.1. The molecule has 0 spiro atoms. The second-order valence-electron chi connectivity index (χ2n) is 4.41. The van der Waals surface area contributed by atoms with E-state index in [1.807, 2.05) is 0 Å². The topological polar surface area (TPSA) is 66.2 Å². The van der Waals surface area contributed by atoms with Gasteiger partial charge in [0.15, 0.2) is 5.58 Å². The Morgan fingerprint density at radius 2 is 1.90 bits per heavy atom. The minimum absolute atomic E-state index is 0.142. The molecule has 1 heterocycles. The normalized spacial score (nSPS) is 11.3. The highest BCUT2D eigenvalue weighted by atomic mass is 35.5. The van der Waals surface area contributed by atoms with Gasteiger partial charge in [0.25, 0.3) is 0 Å². The Bertz CT molecular complexity index is 834. The zero-order valence-electron chi connectivity index (χ0n) is 10.7. The van der Waals surface area contributed by atoms with E-state index < -0.39 is 5.97 Å². The van der Waals surface area contributed by atoms with Crippen molar-refractivity contribution in [2.45, 2.75) is 0 Å². The van der Waals surface area contributed by atoms with Crippen LogP contribution in [0.3, 0.4) is 0 Å². The van der Waals surface area contributed by atoms with Crippen molar-refractivity contribution in [1.82, 2.24) is 4.98 Å². The Balaban J connectivity index is 1.85. The molecule has 0 aliphatic rings. The summed E-state index contributed by atoms with van der Waals surface area (Å²) in [6.07, 6.45) is 3.49. The molecule has 5 heteroatoms. The zero-order valence-corrected chi connectivity index (χ0v) is 11.5. The fraction of sp³-hybridized carbons (Fsp3) is 0. The maximum absolute atomic E-state index is 10.7. The summed E-state index contributed by atoms with van der Waals surface area (Å²) in [5, 5.41) is 11.3. The first-order chi connectivity index (χ1) is 10.1. The van der Waals surface area contributed by atoms with E-state index in [-0.39, 0.29) is 5.56 Å². The maximum Gasteiger partial charge on any atom is 0.220 e. The number of carbonyl (C=O) groups excluding carboxylic acids is 1. The molecule has 2 aromatic carbocycles. The van der Waals surface area contributed by atoms with Crippen LogP contribution in [0.2, 0.25) is 5.02 Å². The minimum atomic E-state index is -1.19. The molecule has 0 radical (unpaired) electrons. The van der Waals surface area contributed by atoms with E-state index in [1.54, 1.807) is 42.5 Å². The van der Waals surface area contributed by atoms with E-state index in [0.29, 0.717) is 22.0 Å². The molecule has 21 heavy (non-hydrogen) atoms. The summed E-state index contributed by atoms with van der Waals surface area (Å²) in [7, 11) is 0. The van der Waals surface area contributed by atoms with Crippen LogP contribution in [0.5, 0.6) is 0 Å². The number of oxazole rings is 1. The van der Waals surface area contributed by atoms with Crippen LogP contribution in [0.25, 0.3) is 23.3 Å². The summed E-state index contributed by atoms with van der Waals surface area (Å²) in [5.74, 6) is -0.738. The molecule has 0 bridgehead atoms. The van der Waals surface area contributed by atoms with Crippen LogP contribution in [0, 0.1) is 0 Å². The van der Waals surface area contributed by atoms with Crippen LogP contribution in [-0.2, 0) is 0 Å². The Labute approximate surface area is 125 Å². The summed E-state index contributed by atoms with van der Waals surface area (Å²) in [6, 6.07) is 11.6. The second kappa shape index (κ2) is 5.42. The van der Waals surface area contributed by atoms with Crippen molar-refractivity contribution in [3.8, 4) is 0 Å². The van der Waals surface area contributed by atoms with E-state index in [2.05, 4.69) is 4.98 Å². The number of carbonyl (C=O) groups is 1. The van der Waals surface area contributed by atoms with Gasteiger partial charge in [-0.3, -0.25) is 0 Å². The molecule has 1 aromatic heterocycles. The predicted molar refractivity (Wildman–Crippen MR) is 78.7 cm³/mol. The maximum atomic E-state index is 10.7. The van der Waals surface area contributed by atoms with Crippen LogP contribution in [-0.4, -0.2) is 11.0 Å². The first-order valence-electron chi connectivity index (χ1n) is 6.17. The first-order valence-corrected chi connectivity index (χ1v) is 6.55. The van der Waals surface area contributed by atoms with Crippen molar-refractivity contribution >= 4 is 40.8 Å². The zero-order chi connectivity index (χ0) is 14.8. The number of rotatable bonds is 3. The highest BCUT2D eigenvalue weighted by Gasteiger charge is 2.03. The SMILES string of the molecule is O=C([O-])c1ccc(/C=C/c2nc3cc(Cl)ccc3o2)cc1. The molecule has 0 aliphatic carbocycles. The van der Waals surface area contributed by atoms with Gasteiger partial charge in [-0.25, -0.2) is 4.98 Å². The molecule has 4 nitrogen and oxygen atoms in total. The highest BCUT2D eigenvalue weighted by molar-refractivity contribution is 6.31. The summed E-state index contributed by atoms with van der Waals surface area (Å²) in [4.78, 5) is 14.9. The van der Waals surface area contributed by atoms with Gasteiger partial charge in [0.05, 0.1) is 5.97 Å². The Morgan fingerprint density at radius 3 is 2.62 bits per heavy atom. The van der Waals surface area contributed by atoms with Gasteiger partial charge < -0.3 is 14.3 Å². The van der Waals surface area contributed by atoms with Crippen LogP contribution >= 0.6 is 11.6 Å². The molecular formula is C16H9ClNO3-. The number of hydrogen-bond acceptors (Lipinski definition) is 4. The number of nitrogens with zero attached hydrogens (tertiary/aromatic N) is 1. The largest absolute Gasteiger partial charge is 0.545 e. The molecule has 0 fully saturated rings. The number of carboxylic acid groups (broad SMARTS) is 1. The van der Waals surface area contributed by atoms with Gasteiger partial charge in [-0.2, -0.15) is 0 Å². The number of carboxylic acids is 1. The van der Waals surface area contributed by atoms with Crippen molar-refractivity contribution in [2.75, 3.05) is 0 Å². The van der Waals surface area contributed by atoms with Crippen molar-refractivity contribution in [3.63, 3.8) is 0 Å². The fourth-order valence-electron chi connectivity index (χ4n) is 1.89. The molecule has 0 N–H and O–H groups in total. The van der Waals surface area contributed by atoms with E-state index in [0.717, 1.165) is 5.56 Å². The molecule has 3 aromatic rings. The molecule has 0 amide bonds. The van der Waals surface area contributed by atoms with Gasteiger partial charge in [0, 0.05) is 11.1 Å². The van der Waals surface area contributed by atoms with Crippen molar-refractivity contribution in [2.24, 2.45) is 0 Å². The highest BCUT2D eigenvalue weighted by Crippen LogP contribution is 2.21. The van der Waals surface area contributed by atoms with Crippen molar-refractivity contribution in [1.29, 1.82) is 0 Å². The number of hydrogen-bond donors (Lipinski definition) is 0. The van der Waals surface area contributed by atoms with E-state index in [4.69, 9.17) is 16.0 Å². The lowest BCUT2D eigenvalue weighted by Gasteiger charge is -2.01. The van der Waals surface area contributed by atoms with Gasteiger partial charge in [0.2, 0.25) is 5.89 Å². The van der Waals surface area contributed by atoms with Gasteiger partial charge in [-0.1, -0.05) is 35.9 Å². The average molecular weight is 299 g/mol. The number of benzene rings is 2. The van der Waals surface area contributed by atoms with Gasteiger partial charge >= 0.3 is 0 Å². The van der Waals surface area contributed by atoms with Gasteiger partial charge in [0.1, 0.15) is 5.52 Å². The molecule has 0 saturated carbocycles. The standard InChI is InChI=1S/C16H10ClNO3/c17-12-6-7-14-13(9-12)18-15(21-14)8-3-10-1-4-11(5-2-10)16(19)20/h1-9H,(H,19,20)/p-1/b8-3+. The van der Waals surface area contributed by atoms with Crippen LogP contribution in [0.4, 0.5) is 0 Å². The second-order valence-corrected chi connectivity index (χ2v) is 4.84. The smallest absolute Gasteiger partial charge is 0.220 e. The Hall–Kier alpha value is -2.59. The predicted octanol–water partition coefficient (Wildman–Crippen LogP) is 3.02. The monoisotopic (exact) mass is 298 g/mol. The van der Waals surface area contributed by atoms with Gasteiger partial charge in [-0.05, 0) is 35.4 Å². The lowest BCUT2D eigenvalue weighted by molar-refractivity contribution is -0.255. The third-order valence-electron chi connectivity index (χ3n) is 2.93. The molecule has 0 unspecified atom stereocenters. The van der Waals surface area contributed by atoms with Crippen LogP contribution in [0.15, 0.2) is 46.9 Å². The first kappa shape index (κ1) is 13.4. The van der Waals surface area contributed by atoms with Gasteiger partial charge in [-0.15, -0.1) is 0 Å². The number of aromatic nitrogens is 1. The number of halogens is 1. The summed E-state index contributed by atoms with van der Waals surface area (Å²) >= 11 is 5.89. The van der Waals surface area contributed by atoms with Crippen LogP contribution in [0.1, 0.15) is 21.8 Å². The van der Waals surface area contributed by atoms with E-state index in [1.165, 1.54) is 12.1 Å². The molecule has 0 saturated heterocycles. The average Bonchev–Trinajstić information content (AvgIpc) is 2.87. The van der Waals surface area contributed by atoms with Crippen molar-refractivity contribution < 1.29 is 14.3 Å². The molecule has 104 valence electrons. The van der Waals surface area contributed by atoms with Crippen LogP contribution < -0.4 is 5.11 Å². The number of fused-ring (bicyclic) bond motifs is 1. The van der Waals surface area contributed by atoms with E-state index >= 15 is 0 Å². The Morgan fingerprint density at radius 1 is 1.14 bits per heavy atom. The minimum Gasteiger partial charge on any atom is -0.545 e.